The summed E-state index contributed by atoms with van der Waals surface area (Å²) in [6, 6.07) is 4.53. The number of rotatable bonds is 6. The number of sulfone groups is 1. The molecule has 0 saturated heterocycles. The van der Waals surface area contributed by atoms with Crippen molar-refractivity contribution in [3.05, 3.63) is 29.6 Å². The largest absolute Gasteiger partial charge is 0.369 e. The number of anilines is 1. The van der Waals surface area contributed by atoms with Crippen LogP contribution < -0.4 is 5.32 Å². The van der Waals surface area contributed by atoms with E-state index in [4.69, 9.17) is 0 Å². The molecule has 28 heavy (non-hydrogen) atoms. The minimum Gasteiger partial charge on any atom is -0.369 e. The molecule has 1 fully saturated rings. The number of hydrogen-bond acceptors (Lipinski definition) is 6. The number of hydrogen-bond donors (Lipinski definition) is 1. The molecular weight excluding hydrogens is 388 g/mol. The average molecular weight is 409 g/mol. The molecule has 0 radical (unpaired) electrons. The Morgan fingerprint density at radius 1 is 1.32 bits per heavy atom. The highest BCUT2D eigenvalue weighted by molar-refractivity contribution is 7.90. The molecule has 1 N–H and O–H groups in total. The highest BCUT2D eigenvalue weighted by Crippen LogP contribution is 2.31. The lowest BCUT2D eigenvalue weighted by Crippen LogP contribution is -2.19. The molecule has 2 aromatic rings. The fourth-order valence-corrected chi connectivity index (χ4v) is 3.96. The van der Waals surface area contributed by atoms with Gasteiger partial charge in [0, 0.05) is 12.8 Å². The lowest BCUT2D eigenvalue weighted by molar-refractivity contribution is 0.145. The van der Waals surface area contributed by atoms with Crippen molar-refractivity contribution in [3.8, 4) is 11.8 Å². The minimum atomic E-state index is -3.49. The highest BCUT2D eigenvalue weighted by Gasteiger charge is 2.26. The lowest BCUT2D eigenvalue weighted by atomic mass is 9.89. The second kappa shape index (κ2) is 8.22. The number of alkyl halides is 2. The summed E-state index contributed by atoms with van der Waals surface area (Å²) in [7, 11) is -3.49. The number of nitrogens with one attached hydrogen (secondary N) is 1. The van der Waals surface area contributed by atoms with Gasteiger partial charge in [0.05, 0.1) is 11.9 Å². The van der Waals surface area contributed by atoms with Crippen LogP contribution in [0.1, 0.15) is 49.8 Å². The van der Waals surface area contributed by atoms with Crippen LogP contribution in [0.25, 0.3) is 5.69 Å². The van der Waals surface area contributed by atoms with E-state index in [1.807, 2.05) is 6.07 Å². The van der Waals surface area contributed by atoms with E-state index in [1.165, 1.54) is 29.4 Å². The van der Waals surface area contributed by atoms with Gasteiger partial charge in [-0.3, -0.25) is 0 Å². The molecule has 1 aliphatic rings. The molecule has 0 unspecified atom stereocenters. The van der Waals surface area contributed by atoms with Crippen LogP contribution >= 0.6 is 0 Å². The van der Waals surface area contributed by atoms with Gasteiger partial charge >= 0.3 is 0 Å². The molecule has 0 spiro atoms. The van der Waals surface area contributed by atoms with Crippen LogP contribution in [0.15, 0.2) is 23.4 Å². The second-order valence-corrected chi connectivity index (χ2v) is 8.91. The van der Waals surface area contributed by atoms with Gasteiger partial charge in [-0.25, -0.2) is 26.9 Å². The van der Waals surface area contributed by atoms with E-state index in [9.17, 15) is 22.5 Å². The molecular formula is C18H21F2N5O2S. The molecule has 150 valence electrons. The normalized spacial score (nSPS) is 15.5. The smallest absolute Gasteiger partial charge is 0.283 e. The number of aromatic nitrogens is 3. The summed E-state index contributed by atoms with van der Waals surface area (Å²) in [5.41, 5.74) is -0.527. The van der Waals surface area contributed by atoms with Crippen molar-refractivity contribution < 1.29 is 17.2 Å². The predicted molar refractivity (Wildman–Crippen MR) is 99.2 cm³/mol. The predicted octanol–water partition coefficient (Wildman–Crippen LogP) is 3.47. The molecule has 0 bridgehead atoms. The van der Waals surface area contributed by atoms with E-state index in [0.29, 0.717) is 18.2 Å². The van der Waals surface area contributed by atoms with E-state index in [0.717, 1.165) is 31.9 Å². The Morgan fingerprint density at radius 3 is 2.57 bits per heavy atom. The molecule has 1 saturated carbocycles. The number of pyridine rings is 1. The summed E-state index contributed by atoms with van der Waals surface area (Å²) in [6.45, 7) is 0.553. The molecule has 2 aromatic heterocycles. The monoisotopic (exact) mass is 409 g/mol. The quantitative estimate of drug-likeness (QED) is 0.784. The van der Waals surface area contributed by atoms with Crippen molar-refractivity contribution in [2.45, 2.75) is 43.6 Å². The molecule has 1 aliphatic carbocycles. The Bertz CT molecular complexity index is 975. The minimum absolute atomic E-state index is 0.130. The SMILES string of the molecule is CS(=O)(=O)c1ccc(-n2nc(C(F)F)c(C#N)c2NCC2CCCCC2)cn1. The lowest BCUT2D eigenvalue weighted by Gasteiger charge is -2.22. The topological polar surface area (TPSA) is 101 Å². The highest BCUT2D eigenvalue weighted by atomic mass is 32.2. The third-order valence-corrected chi connectivity index (χ3v) is 5.86. The first-order valence-corrected chi connectivity index (χ1v) is 10.9. The molecule has 10 heteroatoms. The molecule has 0 aromatic carbocycles. The summed E-state index contributed by atoms with van der Waals surface area (Å²) in [4.78, 5) is 3.88. The second-order valence-electron chi connectivity index (χ2n) is 6.94. The van der Waals surface area contributed by atoms with E-state index < -0.39 is 22.0 Å². The first-order chi connectivity index (χ1) is 13.3. The summed E-state index contributed by atoms with van der Waals surface area (Å²) in [6.07, 6.45) is 4.94. The number of halogens is 2. The van der Waals surface area contributed by atoms with Gasteiger partial charge in [0.25, 0.3) is 6.43 Å². The fourth-order valence-electron chi connectivity index (χ4n) is 3.40. The van der Waals surface area contributed by atoms with Gasteiger partial charge in [-0.15, -0.1) is 0 Å². The zero-order valence-electron chi connectivity index (χ0n) is 15.4. The summed E-state index contributed by atoms with van der Waals surface area (Å²) in [5.74, 6) is 0.585. The van der Waals surface area contributed by atoms with Crippen molar-refractivity contribution in [1.82, 2.24) is 14.8 Å². The molecule has 2 heterocycles. The maximum Gasteiger partial charge on any atom is 0.283 e. The first kappa shape index (κ1) is 20.2. The summed E-state index contributed by atoms with van der Waals surface area (Å²) in [5, 5.41) is 16.3. The Labute approximate surface area is 162 Å². The molecule has 7 nitrogen and oxygen atoms in total. The third kappa shape index (κ3) is 4.30. The van der Waals surface area contributed by atoms with Gasteiger partial charge in [0.15, 0.2) is 14.9 Å². The Balaban J connectivity index is 1.98. The summed E-state index contributed by atoms with van der Waals surface area (Å²) >= 11 is 0. The van der Waals surface area contributed by atoms with Crippen LogP contribution in [0.5, 0.6) is 0 Å². The number of nitrogens with zero attached hydrogens (tertiary/aromatic N) is 4. The summed E-state index contributed by atoms with van der Waals surface area (Å²) < 4.78 is 51.1. The molecule has 0 atom stereocenters. The maximum atomic E-state index is 13.4. The zero-order chi connectivity index (χ0) is 20.3. The van der Waals surface area contributed by atoms with Crippen LogP contribution in [0.2, 0.25) is 0 Å². The van der Waals surface area contributed by atoms with Gasteiger partial charge < -0.3 is 5.32 Å². The van der Waals surface area contributed by atoms with Crippen LogP contribution in [0.3, 0.4) is 0 Å². The Morgan fingerprint density at radius 2 is 2.04 bits per heavy atom. The van der Waals surface area contributed by atoms with Crippen LogP contribution in [-0.2, 0) is 9.84 Å². The molecule has 3 rings (SSSR count). The zero-order valence-corrected chi connectivity index (χ0v) is 16.2. The van der Waals surface area contributed by atoms with E-state index >= 15 is 0 Å². The van der Waals surface area contributed by atoms with E-state index in [-0.39, 0.29) is 16.4 Å². The van der Waals surface area contributed by atoms with Crippen LogP contribution in [0.4, 0.5) is 14.6 Å². The maximum absolute atomic E-state index is 13.4. The van der Waals surface area contributed by atoms with Crippen molar-refractivity contribution in [2.24, 2.45) is 5.92 Å². The van der Waals surface area contributed by atoms with Gasteiger partial charge in [0.1, 0.15) is 23.1 Å². The fraction of sp³-hybridized carbons (Fsp3) is 0.500. The Kier molecular flexibility index (Phi) is 5.93. The number of nitriles is 1. The van der Waals surface area contributed by atoms with Crippen LogP contribution in [-0.4, -0.2) is 36.0 Å². The van der Waals surface area contributed by atoms with Crippen molar-refractivity contribution >= 4 is 15.7 Å². The van der Waals surface area contributed by atoms with Gasteiger partial charge in [0.2, 0.25) is 0 Å². The van der Waals surface area contributed by atoms with Crippen LogP contribution in [0, 0.1) is 17.2 Å². The van der Waals surface area contributed by atoms with Gasteiger partial charge in [-0.2, -0.15) is 10.4 Å². The van der Waals surface area contributed by atoms with Crippen molar-refractivity contribution in [1.29, 1.82) is 5.26 Å². The van der Waals surface area contributed by atoms with E-state index in [1.54, 1.807) is 0 Å². The standard InChI is InChI=1S/C18H21F2N5O2S/c1-28(26,27)15-8-7-13(11-22-15)25-18(14(9-21)16(24-25)17(19)20)23-10-12-5-3-2-4-6-12/h7-8,11-12,17,23H,2-6,10H2,1H3. The van der Waals surface area contributed by atoms with E-state index in [2.05, 4.69) is 15.4 Å². The average Bonchev–Trinajstić information content (AvgIpc) is 3.05. The molecule has 0 amide bonds. The van der Waals surface area contributed by atoms with Crippen molar-refractivity contribution in [2.75, 3.05) is 18.1 Å². The van der Waals surface area contributed by atoms with Gasteiger partial charge in [-0.05, 0) is 30.9 Å². The molecule has 0 aliphatic heterocycles. The third-order valence-electron chi connectivity index (χ3n) is 4.86. The first-order valence-electron chi connectivity index (χ1n) is 9.02. The Hall–Kier alpha value is -2.54. The van der Waals surface area contributed by atoms with Crippen molar-refractivity contribution in [3.63, 3.8) is 0 Å². The van der Waals surface area contributed by atoms with Gasteiger partial charge in [-0.1, -0.05) is 19.3 Å².